The Labute approximate surface area is 153 Å². The summed E-state index contributed by atoms with van der Waals surface area (Å²) in [6.45, 7) is 7.81. The van der Waals surface area contributed by atoms with Crippen LogP contribution in [-0.4, -0.2) is 24.0 Å². The molecule has 0 unspecified atom stereocenters. The predicted octanol–water partition coefficient (Wildman–Crippen LogP) is 4.97. The zero-order chi connectivity index (χ0) is 18.0. The van der Waals surface area contributed by atoms with E-state index in [4.69, 9.17) is 14.1 Å². The van der Waals surface area contributed by atoms with Gasteiger partial charge in [0, 0.05) is 18.5 Å². The van der Waals surface area contributed by atoms with Crippen LogP contribution in [0, 0.1) is 20.8 Å². The Hall–Kier alpha value is -2.11. The van der Waals surface area contributed by atoms with E-state index in [0.29, 0.717) is 0 Å². The third-order valence-electron chi connectivity index (χ3n) is 4.11. The zero-order valence-corrected chi connectivity index (χ0v) is 16.2. The van der Waals surface area contributed by atoms with Crippen LogP contribution in [0.4, 0.5) is 0 Å². The summed E-state index contributed by atoms with van der Waals surface area (Å²) in [6.07, 6.45) is 0. The van der Waals surface area contributed by atoms with Crippen molar-refractivity contribution in [3.8, 4) is 16.5 Å². The van der Waals surface area contributed by atoms with Gasteiger partial charge < -0.3 is 9.15 Å². The van der Waals surface area contributed by atoms with Crippen LogP contribution in [0.2, 0.25) is 0 Å². The molecule has 0 aliphatic rings. The third kappa shape index (κ3) is 4.11. The summed E-state index contributed by atoms with van der Waals surface area (Å²) in [4.78, 5) is 6.97. The normalized spacial score (nSPS) is 11.3. The maximum absolute atomic E-state index is 5.65. The number of ether oxygens (including phenoxy) is 1. The van der Waals surface area contributed by atoms with Gasteiger partial charge in [0.2, 0.25) is 0 Å². The molecule has 0 saturated carbocycles. The van der Waals surface area contributed by atoms with Crippen LogP contribution in [0.25, 0.3) is 10.8 Å². The molecule has 25 heavy (non-hydrogen) atoms. The molecule has 0 radical (unpaired) electrons. The first kappa shape index (κ1) is 17.7. The molecule has 2 heterocycles. The number of hydrogen-bond donors (Lipinski definition) is 0. The maximum atomic E-state index is 5.65. The Morgan fingerprint density at radius 2 is 1.84 bits per heavy atom. The summed E-state index contributed by atoms with van der Waals surface area (Å²) in [5.41, 5.74) is 4.71. The summed E-state index contributed by atoms with van der Waals surface area (Å²) < 4.78 is 11.1. The Kier molecular flexibility index (Phi) is 5.25. The van der Waals surface area contributed by atoms with E-state index in [1.165, 1.54) is 16.7 Å². The van der Waals surface area contributed by atoms with Crippen molar-refractivity contribution in [3.63, 3.8) is 0 Å². The van der Waals surface area contributed by atoms with Crippen molar-refractivity contribution in [1.29, 1.82) is 0 Å². The minimum atomic E-state index is 0.806. The van der Waals surface area contributed by atoms with Crippen LogP contribution in [0.15, 0.2) is 34.1 Å². The smallest absolute Gasteiger partial charge is 0.162 e. The number of aryl methyl sites for hydroxylation is 3. The Morgan fingerprint density at radius 1 is 1.12 bits per heavy atom. The third-order valence-corrected chi connectivity index (χ3v) is 5.02. The Bertz CT molecular complexity index is 843. The van der Waals surface area contributed by atoms with E-state index in [9.17, 15) is 0 Å². The highest BCUT2D eigenvalue weighted by atomic mass is 32.1. The summed E-state index contributed by atoms with van der Waals surface area (Å²) in [7, 11) is 3.84. The van der Waals surface area contributed by atoms with Gasteiger partial charge >= 0.3 is 0 Å². The van der Waals surface area contributed by atoms with E-state index < -0.39 is 0 Å². The Morgan fingerprint density at radius 3 is 2.44 bits per heavy atom. The van der Waals surface area contributed by atoms with Crippen LogP contribution < -0.4 is 4.74 Å². The molecule has 0 saturated heterocycles. The van der Waals surface area contributed by atoms with Crippen molar-refractivity contribution in [2.75, 3.05) is 14.2 Å². The quantitative estimate of drug-likeness (QED) is 0.625. The van der Waals surface area contributed by atoms with Crippen molar-refractivity contribution in [1.82, 2.24) is 9.88 Å². The number of benzene rings is 1. The van der Waals surface area contributed by atoms with Gasteiger partial charge in [0.25, 0.3) is 0 Å². The van der Waals surface area contributed by atoms with Crippen molar-refractivity contribution < 1.29 is 9.15 Å². The van der Waals surface area contributed by atoms with E-state index >= 15 is 0 Å². The van der Waals surface area contributed by atoms with E-state index in [0.717, 1.165) is 41.1 Å². The SMILES string of the molecule is COc1c(C)cc(CN(C)Cc2csc(-c3ccc(C)o3)n2)cc1C. The second-order valence-corrected chi connectivity index (χ2v) is 7.35. The molecule has 0 N–H and O–H groups in total. The fourth-order valence-corrected chi connectivity index (χ4v) is 3.91. The van der Waals surface area contributed by atoms with Gasteiger partial charge in [-0.1, -0.05) is 12.1 Å². The molecule has 5 heteroatoms. The highest BCUT2D eigenvalue weighted by molar-refractivity contribution is 7.13. The van der Waals surface area contributed by atoms with Crippen LogP contribution in [-0.2, 0) is 13.1 Å². The molecule has 3 aromatic rings. The van der Waals surface area contributed by atoms with Gasteiger partial charge in [-0.2, -0.15) is 0 Å². The van der Waals surface area contributed by atoms with E-state index in [2.05, 4.69) is 43.3 Å². The predicted molar refractivity (Wildman–Crippen MR) is 102 cm³/mol. The number of furan rings is 1. The number of hydrogen-bond acceptors (Lipinski definition) is 5. The molecule has 0 amide bonds. The number of aromatic nitrogens is 1. The fraction of sp³-hybridized carbons (Fsp3) is 0.350. The number of nitrogens with zero attached hydrogens (tertiary/aromatic N) is 2. The van der Waals surface area contributed by atoms with Crippen LogP contribution >= 0.6 is 11.3 Å². The van der Waals surface area contributed by atoms with E-state index in [1.807, 2.05) is 19.1 Å². The van der Waals surface area contributed by atoms with E-state index in [-0.39, 0.29) is 0 Å². The Balaban J connectivity index is 1.67. The molecule has 0 aliphatic heterocycles. The van der Waals surface area contributed by atoms with Gasteiger partial charge in [0.05, 0.1) is 12.8 Å². The first-order valence-corrected chi connectivity index (χ1v) is 9.18. The lowest BCUT2D eigenvalue weighted by Crippen LogP contribution is -2.17. The van der Waals surface area contributed by atoms with Crippen LogP contribution in [0.5, 0.6) is 5.75 Å². The summed E-state index contributed by atoms with van der Waals surface area (Å²) in [6, 6.07) is 8.34. The minimum absolute atomic E-state index is 0.806. The number of methoxy groups -OCH3 is 1. The standard InChI is InChI=1S/C20H24N2O2S/c1-13-8-16(9-14(2)19(13)23-5)10-22(4)11-17-12-25-20(21-17)18-7-6-15(3)24-18/h6-9,12H,10-11H2,1-5H3. The monoisotopic (exact) mass is 356 g/mol. The molecule has 2 aromatic heterocycles. The van der Waals surface area contributed by atoms with Crippen LogP contribution in [0.1, 0.15) is 28.1 Å². The zero-order valence-electron chi connectivity index (χ0n) is 15.4. The lowest BCUT2D eigenvalue weighted by molar-refractivity contribution is 0.315. The maximum Gasteiger partial charge on any atom is 0.162 e. The average molecular weight is 356 g/mol. The minimum Gasteiger partial charge on any atom is -0.496 e. The summed E-state index contributed by atoms with van der Waals surface area (Å²) in [5, 5.41) is 3.04. The average Bonchev–Trinajstić information content (AvgIpc) is 3.15. The van der Waals surface area contributed by atoms with Gasteiger partial charge in [-0.3, -0.25) is 4.90 Å². The van der Waals surface area contributed by atoms with Crippen LogP contribution in [0.3, 0.4) is 0 Å². The molecule has 4 nitrogen and oxygen atoms in total. The molecule has 0 aliphatic carbocycles. The van der Waals surface area contributed by atoms with Crippen molar-refractivity contribution in [2.45, 2.75) is 33.9 Å². The molecule has 0 spiro atoms. The number of rotatable bonds is 6. The molecular formula is C20H24N2O2S. The van der Waals surface area contributed by atoms with Crippen molar-refractivity contribution >= 4 is 11.3 Å². The molecule has 0 fully saturated rings. The lowest BCUT2D eigenvalue weighted by Gasteiger charge is -2.17. The number of thiazole rings is 1. The fourth-order valence-electron chi connectivity index (χ4n) is 3.14. The topological polar surface area (TPSA) is 38.5 Å². The van der Waals surface area contributed by atoms with Crippen molar-refractivity contribution in [2.24, 2.45) is 0 Å². The van der Waals surface area contributed by atoms with Gasteiger partial charge in [-0.05, 0) is 56.6 Å². The summed E-state index contributed by atoms with van der Waals surface area (Å²) >= 11 is 1.63. The molecular weight excluding hydrogens is 332 g/mol. The van der Waals surface area contributed by atoms with Gasteiger partial charge in [-0.25, -0.2) is 4.98 Å². The van der Waals surface area contributed by atoms with Gasteiger partial charge in [0.1, 0.15) is 11.5 Å². The molecule has 0 bridgehead atoms. The first-order valence-electron chi connectivity index (χ1n) is 8.30. The summed E-state index contributed by atoms with van der Waals surface area (Å²) in [5.74, 6) is 2.73. The van der Waals surface area contributed by atoms with Gasteiger partial charge in [-0.15, -0.1) is 11.3 Å². The molecule has 0 atom stereocenters. The molecule has 1 aromatic carbocycles. The van der Waals surface area contributed by atoms with Gasteiger partial charge in [0.15, 0.2) is 10.8 Å². The highest BCUT2D eigenvalue weighted by Gasteiger charge is 2.11. The highest BCUT2D eigenvalue weighted by Crippen LogP contribution is 2.27. The molecule has 3 rings (SSSR count). The first-order chi connectivity index (χ1) is 12.0. The van der Waals surface area contributed by atoms with E-state index in [1.54, 1.807) is 18.4 Å². The molecule has 132 valence electrons. The second kappa shape index (κ2) is 7.42. The largest absolute Gasteiger partial charge is 0.496 e. The lowest BCUT2D eigenvalue weighted by atomic mass is 10.1. The van der Waals surface area contributed by atoms with Crippen molar-refractivity contribution in [3.05, 3.63) is 57.8 Å². The second-order valence-electron chi connectivity index (χ2n) is 6.49.